The molecule has 1 aliphatic heterocycles. The summed E-state index contributed by atoms with van der Waals surface area (Å²) in [4.78, 5) is 22.7. The Morgan fingerprint density at radius 3 is 2.50 bits per heavy atom. The van der Waals surface area contributed by atoms with E-state index in [1.54, 1.807) is 31.2 Å². The summed E-state index contributed by atoms with van der Waals surface area (Å²) in [7, 11) is 0. The lowest BCUT2D eigenvalue weighted by Gasteiger charge is -2.12. The molecule has 0 saturated heterocycles. The van der Waals surface area contributed by atoms with Crippen molar-refractivity contribution < 1.29 is 14.7 Å². The van der Waals surface area contributed by atoms with Gasteiger partial charge in [-0.25, -0.2) is 0 Å². The van der Waals surface area contributed by atoms with Gasteiger partial charge in [-0.3, -0.25) is 9.59 Å². The van der Waals surface area contributed by atoms with Crippen LogP contribution in [0.25, 0.3) is 0 Å². The highest BCUT2D eigenvalue weighted by Crippen LogP contribution is 2.23. The quantitative estimate of drug-likeness (QED) is 0.756. The van der Waals surface area contributed by atoms with Crippen LogP contribution < -0.4 is 5.01 Å². The number of benzene rings is 1. The molecule has 2 rings (SSSR count). The molecule has 0 aromatic heterocycles. The predicted molar refractivity (Wildman–Crippen MR) is 58.2 cm³/mol. The van der Waals surface area contributed by atoms with Crippen LogP contribution in [0.4, 0.5) is 5.69 Å². The maximum Gasteiger partial charge on any atom is 0.322 e. The summed E-state index contributed by atoms with van der Waals surface area (Å²) in [5.74, 6) is -2.83. The molecule has 1 unspecified atom stereocenters. The minimum absolute atomic E-state index is 0.307. The molecule has 82 valence electrons. The lowest BCUT2D eigenvalue weighted by atomic mass is 10.1. The van der Waals surface area contributed by atoms with Crippen molar-refractivity contribution in [3.8, 4) is 0 Å². The zero-order valence-corrected chi connectivity index (χ0v) is 8.62. The molecule has 5 nitrogen and oxygen atoms in total. The summed E-state index contributed by atoms with van der Waals surface area (Å²) in [6.07, 6.45) is 0. The number of carboxylic acid groups (broad SMARTS) is 1. The van der Waals surface area contributed by atoms with Gasteiger partial charge in [-0.15, -0.1) is 0 Å². The molecular weight excluding hydrogens is 208 g/mol. The summed E-state index contributed by atoms with van der Waals surface area (Å²) < 4.78 is 0. The van der Waals surface area contributed by atoms with E-state index in [0.29, 0.717) is 11.4 Å². The molecule has 1 aromatic rings. The van der Waals surface area contributed by atoms with E-state index < -0.39 is 17.8 Å². The van der Waals surface area contributed by atoms with Crippen LogP contribution in [0.5, 0.6) is 0 Å². The van der Waals surface area contributed by atoms with E-state index >= 15 is 0 Å². The summed E-state index contributed by atoms with van der Waals surface area (Å²) in [6.45, 7) is 1.54. The van der Waals surface area contributed by atoms with Gasteiger partial charge in [-0.2, -0.15) is 10.1 Å². The molecule has 1 aromatic carbocycles. The van der Waals surface area contributed by atoms with Gasteiger partial charge in [0.2, 0.25) is 0 Å². The summed E-state index contributed by atoms with van der Waals surface area (Å²) in [6, 6.07) is 8.76. The van der Waals surface area contributed by atoms with Crippen LogP contribution >= 0.6 is 0 Å². The van der Waals surface area contributed by atoms with E-state index in [2.05, 4.69) is 5.10 Å². The summed E-state index contributed by atoms with van der Waals surface area (Å²) in [5.41, 5.74) is 0.886. The van der Waals surface area contributed by atoms with Gasteiger partial charge in [0, 0.05) is 0 Å². The second-order valence-corrected chi connectivity index (χ2v) is 3.50. The zero-order chi connectivity index (χ0) is 11.7. The molecule has 1 aliphatic rings. The van der Waals surface area contributed by atoms with Crippen LogP contribution in [-0.4, -0.2) is 22.7 Å². The normalized spacial score (nSPS) is 19.8. The molecule has 0 aliphatic carbocycles. The number of carboxylic acids is 1. The van der Waals surface area contributed by atoms with Gasteiger partial charge < -0.3 is 5.11 Å². The van der Waals surface area contributed by atoms with E-state index in [4.69, 9.17) is 5.11 Å². The average Bonchev–Trinajstić information content (AvgIpc) is 2.55. The standard InChI is InChI=1S/C11H10N2O3/c1-7-9(11(15)16)10(14)13(12-7)8-5-3-2-4-6-8/h2-6,9H,1H3,(H,15,16). The average molecular weight is 218 g/mol. The fraction of sp³-hybridized carbons (Fsp3) is 0.182. The molecule has 0 radical (unpaired) electrons. The minimum Gasteiger partial charge on any atom is -0.480 e. The van der Waals surface area contributed by atoms with Gasteiger partial charge in [-0.05, 0) is 19.1 Å². The number of aliphatic carboxylic acids is 1. The second-order valence-electron chi connectivity index (χ2n) is 3.50. The minimum atomic E-state index is -1.16. The number of anilines is 1. The van der Waals surface area contributed by atoms with Crippen molar-refractivity contribution >= 4 is 23.3 Å². The highest BCUT2D eigenvalue weighted by molar-refractivity contribution is 6.25. The lowest BCUT2D eigenvalue weighted by molar-refractivity contribution is -0.142. The number of nitrogens with zero attached hydrogens (tertiary/aromatic N) is 2. The van der Waals surface area contributed by atoms with Gasteiger partial charge in [0.1, 0.15) is 0 Å². The van der Waals surface area contributed by atoms with Gasteiger partial charge in [-0.1, -0.05) is 18.2 Å². The molecule has 1 heterocycles. The number of hydrogen-bond acceptors (Lipinski definition) is 3. The smallest absolute Gasteiger partial charge is 0.322 e. The van der Waals surface area contributed by atoms with Crippen LogP contribution in [-0.2, 0) is 9.59 Å². The fourth-order valence-corrected chi connectivity index (χ4v) is 1.60. The Balaban J connectivity index is 2.35. The maximum atomic E-state index is 11.8. The van der Waals surface area contributed by atoms with Crippen molar-refractivity contribution in [2.24, 2.45) is 11.0 Å². The third-order valence-electron chi connectivity index (χ3n) is 2.38. The highest BCUT2D eigenvalue weighted by Gasteiger charge is 2.39. The van der Waals surface area contributed by atoms with Crippen molar-refractivity contribution in [3.05, 3.63) is 30.3 Å². The Morgan fingerprint density at radius 1 is 1.38 bits per heavy atom. The Kier molecular flexibility index (Phi) is 2.44. The monoisotopic (exact) mass is 218 g/mol. The van der Waals surface area contributed by atoms with Crippen molar-refractivity contribution in [1.29, 1.82) is 0 Å². The van der Waals surface area contributed by atoms with Gasteiger partial charge >= 0.3 is 5.97 Å². The highest BCUT2D eigenvalue weighted by atomic mass is 16.4. The molecule has 1 amide bonds. The maximum absolute atomic E-state index is 11.8. The topological polar surface area (TPSA) is 70.0 Å². The van der Waals surface area contributed by atoms with Crippen LogP contribution in [0.2, 0.25) is 0 Å². The largest absolute Gasteiger partial charge is 0.480 e. The van der Waals surface area contributed by atoms with Crippen LogP contribution in [0.15, 0.2) is 35.4 Å². The molecule has 1 atom stereocenters. The molecular formula is C11H10N2O3. The summed E-state index contributed by atoms with van der Waals surface area (Å²) in [5, 5.41) is 14.0. The Morgan fingerprint density at radius 2 is 2.00 bits per heavy atom. The predicted octanol–water partition coefficient (Wildman–Crippen LogP) is 1.11. The molecule has 1 N–H and O–H groups in total. The van der Waals surface area contributed by atoms with Gasteiger partial charge in [0.25, 0.3) is 5.91 Å². The number of amides is 1. The summed E-state index contributed by atoms with van der Waals surface area (Å²) >= 11 is 0. The Bertz CT molecular complexity index is 467. The van der Waals surface area contributed by atoms with Crippen molar-refractivity contribution in [3.63, 3.8) is 0 Å². The third kappa shape index (κ3) is 1.56. The van der Waals surface area contributed by atoms with Gasteiger partial charge in [0.15, 0.2) is 5.92 Å². The van der Waals surface area contributed by atoms with Crippen LogP contribution in [0.3, 0.4) is 0 Å². The zero-order valence-electron chi connectivity index (χ0n) is 8.62. The first kappa shape index (κ1) is 10.4. The van der Waals surface area contributed by atoms with E-state index in [9.17, 15) is 9.59 Å². The number of carbonyl (C=O) groups excluding carboxylic acids is 1. The molecule has 0 bridgehead atoms. The van der Waals surface area contributed by atoms with E-state index in [-0.39, 0.29) is 0 Å². The molecule has 5 heteroatoms. The molecule has 0 spiro atoms. The number of hydrogen-bond donors (Lipinski definition) is 1. The van der Waals surface area contributed by atoms with Crippen LogP contribution in [0.1, 0.15) is 6.92 Å². The van der Waals surface area contributed by atoms with Crippen molar-refractivity contribution in [1.82, 2.24) is 0 Å². The first-order valence-electron chi connectivity index (χ1n) is 4.78. The number of rotatable bonds is 2. The Labute approximate surface area is 92.0 Å². The first-order valence-corrected chi connectivity index (χ1v) is 4.78. The lowest BCUT2D eigenvalue weighted by Crippen LogP contribution is -2.32. The molecule has 16 heavy (non-hydrogen) atoms. The van der Waals surface area contributed by atoms with E-state index in [1.165, 1.54) is 0 Å². The molecule has 0 saturated carbocycles. The van der Waals surface area contributed by atoms with E-state index in [0.717, 1.165) is 5.01 Å². The number of hydrazone groups is 1. The molecule has 0 fully saturated rings. The van der Waals surface area contributed by atoms with Gasteiger partial charge in [0.05, 0.1) is 11.4 Å². The van der Waals surface area contributed by atoms with E-state index in [1.807, 2.05) is 6.07 Å². The first-order chi connectivity index (χ1) is 7.61. The van der Waals surface area contributed by atoms with Crippen LogP contribution in [0, 0.1) is 5.92 Å². The number of carbonyl (C=O) groups is 2. The third-order valence-corrected chi connectivity index (χ3v) is 2.38. The second kappa shape index (κ2) is 3.77. The van der Waals surface area contributed by atoms with Crippen molar-refractivity contribution in [2.75, 3.05) is 5.01 Å². The SMILES string of the molecule is CC1=NN(c2ccccc2)C(=O)C1C(=O)O. The number of para-hydroxylation sites is 1. The Hall–Kier alpha value is -2.17. The van der Waals surface area contributed by atoms with Crippen molar-refractivity contribution in [2.45, 2.75) is 6.92 Å². The fourth-order valence-electron chi connectivity index (χ4n) is 1.60.